The Morgan fingerprint density at radius 3 is 2.71 bits per heavy atom. The number of nitrogens with zero attached hydrogens (tertiary/aromatic N) is 3. The van der Waals surface area contributed by atoms with Crippen molar-refractivity contribution in [1.82, 2.24) is 19.3 Å². The summed E-state index contributed by atoms with van der Waals surface area (Å²) in [6, 6.07) is 4.43. The van der Waals surface area contributed by atoms with Crippen LogP contribution in [0.15, 0.2) is 40.2 Å². The summed E-state index contributed by atoms with van der Waals surface area (Å²) < 4.78 is 2.63. The first kappa shape index (κ1) is 12.9. The Morgan fingerprint density at radius 1 is 1.33 bits per heavy atom. The summed E-state index contributed by atoms with van der Waals surface area (Å²) in [6.07, 6.45) is 2.99. The average Bonchev–Trinajstić information content (AvgIpc) is 2.85. The highest BCUT2D eigenvalue weighted by Crippen LogP contribution is 2.17. The number of aromatic carboxylic acids is 1. The van der Waals surface area contributed by atoms with Crippen molar-refractivity contribution >= 4 is 17.0 Å². The van der Waals surface area contributed by atoms with E-state index in [-0.39, 0.29) is 11.1 Å². The number of benzene rings is 1. The number of aryl methyl sites for hydroxylation is 1. The highest BCUT2D eigenvalue weighted by atomic mass is 16.4. The predicted octanol–water partition coefficient (Wildman–Crippen LogP) is 0.111. The van der Waals surface area contributed by atoms with Gasteiger partial charge in [0.05, 0.1) is 28.5 Å². The summed E-state index contributed by atoms with van der Waals surface area (Å²) in [4.78, 5) is 37.5. The molecule has 3 rings (SSSR count). The second-order valence-corrected chi connectivity index (χ2v) is 4.47. The second-order valence-electron chi connectivity index (χ2n) is 4.47. The molecule has 21 heavy (non-hydrogen) atoms. The monoisotopic (exact) mass is 286 g/mol. The molecule has 0 unspecified atom stereocenters. The molecular formula is C13H10N4O4. The number of H-pyrrole nitrogens is 1. The minimum Gasteiger partial charge on any atom is -0.478 e. The summed E-state index contributed by atoms with van der Waals surface area (Å²) in [5.74, 6) is -1.19. The van der Waals surface area contributed by atoms with E-state index in [0.29, 0.717) is 11.2 Å². The third-order valence-corrected chi connectivity index (χ3v) is 3.10. The van der Waals surface area contributed by atoms with Crippen LogP contribution in [0, 0.1) is 0 Å². The fraction of sp³-hybridized carbons (Fsp3) is 0.0769. The fourth-order valence-electron chi connectivity index (χ4n) is 2.19. The number of rotatable bonds is 2. The topological polar surface area (TPSA) is 110 Å². The molecule has 0 aliphatic carbocycles. The van der Waals surface area contributed by atoms with E-state index in [1.807, 2.05) is 0 Å². The molecule has 0 saturated heterocycles. The lowest BCUT2D eigenvalue weighted by Gasteiger charge is -2.08. The first-order valence-electron chi connectivity index (χ1n) is 5.99. The zero-order valence-electron chi connectivity index (χ0n) is 10.9. The predicted molar refractivity (Wildman–Crippen MR) is 73.9 cm³/mol. The molecule has 0 fully saturated rings. The van der Waals surface area contributed by atoms with Gasteiger partial charge in [0.2, 0.25) is 0 Å². The molecule has 3 aromatic rings. The number of hydrogen-bond donors (Lipinski definition) is 2. The van der Waals surface area contributed by atoms with Crippen LogP contribution in [0.2, 0.25) is 0 Å². The van der Waals surface area contributed by atoms with Gasteiger partial charge in [-0.3, -0.25) is 18.8 Å². The Kier molecular flexibility index (Phi) is 2.72. The van der Waals surface area contributed by atoms with E-state index in [1.165, 1.54) is 23.0 Å². The van der Waals surface area contributed by atoms with Gasteiger partial charge in [0.15, 0.2) is 0 Å². The van der Waals surface area contributed by atoms with Crippen molar-refractivity contribution in [3.8, 4) is 5.69 Å². The first-order chi connectivity index (χ1) is 9.99. The molecule has 0 bridgehead atoms. The van der Waals surface area contributed by atoms with Gasteiger partial charge < -0.3 is 10.1 Å². The maximum absolute atomic E-state index is 12.1. The van der Waals surface area contributed by atoms with Gasteiger partial charge in [-0.15, -0.1) is 0 Å². The van der Waals surface area contributed by atoms with Crippen molar-refractivity contribution in [2.75, 3.05) is 0 Å². The largest absolute Gasteiger partial charge is 0.478 e. The summed E-state index contributed by atoms with van der Waals surface area (Å²) in [5, 5.41) is 13.1. The molecule has 0 aliphatic heterocycles. The number of aromatic amines is 1. The van der Waals surface area contributed by atoms with Crippen molar-refractivity contribution in [1.29, 1.82) is 0 Å². The Bertz CT molecular complexity index is 980. The van der Waals surface area contributed by atoms with Gasteiger partial charge in [0, 0.05) is 13.2 Å². The van der Waals surface area contributed by atoms with Crippen LogP contribution >= 0.6 is 0 Å². The van der Waals surface area contributed by atoms with Crippen molar-refractivity contribution in [2.45, 2.75) is 0 Å². The summed E-state index contributed by atoms with van der Waals surface area (Å²) in [7, 11) is 1.67. The van der Waals surface area contributed by atoms with E-state index in [2.05, 4.69) is 10.1 Å². The van der Waals surface area contributed by atoms with Crippen LogP contribution in [0.25, 0.3) is 16.7 Å². The molecule has 0 atom stereocenters. The van der Waals surface area contributed by atoms with Gasteiger partial charge in [0.25, 0.3) is 0 Å². The molecule has 8 nitrogen and oxygen atoms in total. The number of hydrogen-bond acceptors (Lipinski definition) is 4. The number of nitrogens with one attached hydrogen (secondary N) is 1. The Morgan fingerprint density at radius 2 is 2.10 bits per heavy atom. The standard InChI is InChI=1S/C13H10N4O4/c1-16-6-7(5-14-16)17-9-4-2-3-8(13(20)21)10(9)15-11(18)12(17)19/h2-6H,1H3,(H,15,18)(H,20,21). The van der Waals surface area contributed by atoms with E-state index in [0.717, 1.165) is 4.57 Å². The van der Waals surface area contributed by atoms with E-state index >= 15 is 0 Å². The Balaban J connectivity index is 2.52. The Hall–Kier alpha value is -3.16. The number of aromatic nitrogens is 4. The van der Waals surface area contributed by atoms with Gasteiger partial charge in [-0.1, -0.05) is 6.07 Å². The van der Waals surface area contributed by atoms with Crippen molar-refractivity contribution in [3.63, 3.8) is 0 Å². The Labute approximate surface area is 116 Å². The quantitative estimate of drug-likeness (QED) is 0.650. The zero-order chi connectivity index (χ0) is 15.1. The third-order valence-electron chi connectivity index (χ3n) is 3.10. The lowest BCUT2D eigenvalue weighted by Crippen LogP contribution is -2.35. The minimum atomic E-state index is -1.19. The molecule has 106 valence electrons. The van der Waals surface area contributed by atoms with Crippen LogP contribution in [-0.4, -0.2) is 30.4 Å². The maximum atomic E-state index is 12.1. The van der Waals surface area contributed by atoms with Crippen molar-refractivity contribution in [3.05, 3.63) is 56.9 Å². The molecule has 0 spiro atoms. The van der Waals surface area contributed by atoms with Gasteiger partial charge >= 0.3 is 17.1 Å². The van der Waals surface area contributed by atoms with Crippen molar-refractivity contribution in [2.24, 2.45) is 7.05 Å². The molecular weight excluding hydrogens is 276 g/mol. The van der Waals surface area contributed by atoms with Gasteiger partial charge in [0.1, 0.15) is 0 Å². The van der Waals surface area contributed by atoms with Gasteiger partial charge in [-0.05, 0) is 12.1 Å². The minimum absolute atomic E-state index is 0.0813. The summed E-state index contributed by atoms with van der Waals surface area (Å²) in [5.41, 5.74) is -0.979. The molecule has 1 aromatic carbocycles. The molecule has 0 aliphatic rings. The lowest BCUT2D eigenvalue weighted by molar-refractivity contribution is 0.0699. The number of carboxylic acids is 1. The van der Waals surface area contributed by atoms with E-state index in [9.17, 15) is 19.5 Å². The molecule has 0 amide bonds. The molecule has 2 heterocycles. The molecule has 8 heteroatoms. The lowest BCUT2D eigenvalue weighted by atomic mass is 10.1. The van der Waals surface area contributed by atoms with Crippen molar-refractivity contribution < 1.29 is 9.90 Å². The molecule has 0 radical (unpaired) electrons. The van der Waals surface area contributed by atoms with E-state index in [1.54, 1.807) is 19.3 Å². The number of fused-ring (bicyclic) bond motifs is 1. The second kappa shape index (κ2) is 4.44. The maximum Gasteiger partial charge on any atom is 0.337 e. The van der Waals surface area contributed by atoms with Crippen LogP contribution in [0.3, 0.4) is 0 Å². The summed E-state index contributed by atoms with van der Waals surface area (Å²) >= 11 is 0. The highest BCUT2D eigenvalue weighted by Gasteiger charge is 2.15. The van der Waals surface area contributed by atoms with Crippen LogP contribution in [0.4, 0.5) is 0 Å². The average molecular weight is 286 g/mol. The van der Waals surface area contributed by atoms with Crippen LogP contribution in [0.1, 0.15) is 10.4 Å². The van der Waals surface area contributed by atoms with Crippen LogP contribution in [-0.2, 0) is 7.05 Å². The normalized spacial score (nSPS) is 10.9. The van der Waals surface area contributed by atoms with E-state index < -0.39 is 17.1 Å². The SMILES string of the molecule is Cn1cc(-n2c(=O)c(=O)[nH]c3c(C(=O)O)cccc32)cn1. The van der Waals surface area contributed by atoms with Gasteiger partial charge in [-0.2, -0.15) is 5.10 Å². The zero-order valence-corrected chi connectivity index (χ0v) is 10.9. The highest BCUT2D eigenvalue weighted by molar-refractivity contribution is 6.00. The number of carboxylic acid groups (broad SMARTS) is 1. The van der Waals surface area contributed by atoms with Gasteiger partial charge in [-0.25, -0.2) is 4.79 Å². The molecule has 2 N–H and O–H groups in total. The first-order valence-corrected chi connectivity index (χ1v) is 5.99. The smallest absolute Gasteiger partial charge is 0.337 e. The fourth-order valence-corrected chi connectivity index (χ4v) is 2.19. The summed E-state index contributed by atoms with van der Waals surface area (Å²) in [6.45, 7) is 0. The molecule has 2 aromatic heterocycles. The van der Waals surface area contributed by atoms with E-state index in [4.69, 9.17) is 0 Å². The molecule has 0 saturated carbocycles. The number of para-hydroxylation sites is 1. The van der Waals surface area contributed by atoms with Crippen LogP contribution < -0.4 is 11.1 Å². The third kappa shape index (κ3) is 1.93. The number of carbonyl (C=O) groups is 1. The van der Waals surface area contributed by atoms with Crippen LogP contribution in [0.5, 0.6) is 0 Å².